The molecule has 4 heteroatoms. The number of hydrogen-bond donors (Lipinski definition) is 0. The fourth-order valence-electron chi connectivity index (χ4n) is 2.76. The van der Waals surface area contributed by atoms with Crippen molar-refractivity contribution in [1.82, 2.24) is 9.88 Å². The number of alkyl halides is 1. The molecule has 0 spiro atoms. The minimum atomic E-state index is 0.00102. The number of carbonyl (C=O) groups is 1. The van der Waals surface area contributed by atoms with E-state index in [1.54, 1.807) is 0 Å². The van der Waals surface area contributed by atoms with Gasteiger partial charge in [0.25, 0.3) is 5.91 Å². The Morgan fingerprint density at radius 1 is 1.25 bits per heavy atom. The van der Waals surface area contributed by atoms with E-state index in [0.29, 0.717) is 11.6 Å². The number of carbonyl (C=O) groups excluding carboxylic acids is 1. The first-order chi connectivity index (χ1) is 9.79. The summed E-state index contributed by atoms with van der Waals surface area (Å²) in [6, 6.07) is 11.7. The minimum absolute atomic E-state index is 0.00102. The highest BCUT2D eigenvalue weighted by Crippen LogP contribution is 2.21. The van der Waals surface area contributed by atoms with Crippen LogP contribution in [0.4, 0.5) is 0 Å². The molecule has 1 aliphatic rings. The third-order valence-electron chi connectivity index (χ3n) is 3.88. The number of aromatic nitrogens is 1. The van der Waals surface area contributed by atoms with Gasteiger partial charge in [0.05, 0.1) is 5.52 Å². The van der Waals surface area contributed by atoms with Crippen molar-refractivity contribution in [3.8, 4) is 0 Å². The summed E-state index contributed by atoms with van der Waals surface area (Å²) in [7, 11) is 0. The maximum atomic E-state index is 12.6. The number of hydrogen-bond acceptors (Lipinski definition) is 2. The van der Waals surface area contributed by atoms with Crippen LogP contribution in [0.25, 0.3) is 10.9 Å². The van der Waals surface area contributed by atoms with Gasteiger partial charge < -0.3 is 4.90 Å². The summed E-state index contributed by atoms with van der Waals surface area (Å²) in [5.74, 6) is 0.500. The van der Waals surface area contributed by atoms with Crippen LogP contribution in [-0.4, -0.2) is 34.3 Å². The molecule has 0 saturated carbocycles. The Bertz CT molecular complexity index is 629. The van der Waals surface area contributed by atoms with E-state index < -0.39 is 0 Å². The fourth-order valence-corrected chi connectivity index (χ4v) is 3.08. The summed E-state index contributed by atoms with van der Waals surface area (Å²) in [5.41, 5.74) is 1.37. The Labute approximate surface area is 123 Å². The highest BCUT2D eigenvalue weighted by molar-refractivity contribution is 6.18. The molecule has 2 aromatic rings. The summed E-state index contributed by atoms with van der Waals surface area (Å²) in [6.07, 6.45) is 3.18. The van der Waals surface area contributed by atoms with E-state index in [-0.39, 0.29) is 11.9 Å². The molecule has 1 saturated heterocycles. The zero-order valence-corrected chi connectivity index (χ0v) is 12.0. The largest absolute Gasteiger partial charge is 0.333 e. The number of rotatable bonds is 2. The molecule has 104 valence electrons. The van der Waals surface area contributed by atoms with E-state index in [1.807, 2.05) is 41.3 Å². The Morgan fingerprint density at radius 3 is 2.95 bits per heavy atom. The second-order valence-electron chi connectivity index (χ2n) is 5.19. The third-order valence-corrected chi connectivity index (χ3v) is 4.24. The summed E-state index contributed by atoms with van der Waals surface area (Å²) in [5, 5.41) is 1.05. The maximum Gasteiger partial charge on any atom is 0.272 e. The Balaban J connectivity index is 1.91. The van der Waals surface area contributed by atoms with Crippen molar-refractivity contribution >= 4 is 28.4 Å². The summed E-state index contributed by atoms with van der Waals surface area (Å²) in [4.78, 5) is 19.0. The normalized spacial score (nSPS) is 19.2. The number of likely N-dealkylation sites (tertiary alicyclic amines) is 1. The van der Waals surface area contributed by atoms with Gasteiger partial charge in [0.1, 0.15) is 5.69 Å². The first-order valence-electron chi connectivity index (χ1n) is 7.02. The Kier molecular flexibility index (Phi) is 3.88. The summed E-state index contributed by atoms with van der Waals surface area (Å²) >= 11 is 5.99. The zero-order chi connectivity index (χ0) is 13.9. The summed E-state index contributed by atoms with van der Waals surface area (Å²) < 4.78 is 0. The van der Waals surface area contributed by atoms with Crippen LogP contribution in [0.1, 0.15) is 29.8 Å². The van der Waals surface area contributed by atoms with Gasteiger partial charge in [-0.1, -0.05) is 24.3 Å². The number of amides is 1. The van der Waals surface area contributed by atoms with Crippen LogP contribution in [0, 0.1) is 0 Å². The molecule has 1 aromatic heterocycles. The lowest BCUT2D eigenvalue weighted by atomic mass is 10.0. The van der Waals surface area contributed by atoms with Gasteiger partial charge in [0.15, 0.2) is 0 Å². The predicted molar refractivity (Wildman–Crippen MR) is 81.1 cm³/mol. The standard InChI is InChI=1S/C16H17ClN2O/c17-11-13-6-3-4-10-19(13)16(20)15-9-8-12-5-1-2-7-14(12)18-15/h1-2,5,7-9,13H,3-4,6,10-11H2. The molecule has 3 nitrogen and oxygen atoms in total. The molecular formula is C16H17ClN2O. The quantitative estimate of drug-likeness (QED) is 0.793. The number of pyridine rings is 1. The van der Waals surface area contributed by atoms with Gasteiger partial charge in [-0.3, -0.25) is 4.79 Å². The lowest BCUT2D eigenvalue weighted by Gasteiger charge is -2.34. The molecule has 1 aromatic carbocycles. The van der Waals surface area contributed by atoms with E-state index in [0.717, 1.165) is 36.7 Å². The van der Waals surface area contributed by atoms with E-state index in [4.69, 9.17) is 11.6 Å². The van der Waals surface area contributed by atoms with Crippen molar-refractivity contribution in [2.75, 3.05) is 12.4 Å². The molecule has 0 bridgehead atoms. The average molecular weight is 289 g/mol. The van der Waals surface area contributed by atoms with Crippen LogP contribution in [-0.2, 0) is 0 Å². The molecule has 1 unspecified atom stereocenters. The molecule has 1 aliphatic heterocycles. The molecule has 1 atom stereocenters. The van der Waals surface area contributed by atoms with Crippen LogP contribution in [0.3, 0.4) is 0 Å². The predicted octanol–water partition coefficient (Wildman–Crippen LogP) is 3.47. The van der Waals surface area contributed by atoms with Gasteiger partial charge in [0.2, 0.25) is 0 Å². The smallest absolute Gasteiger partial charge is 0.272 e. The molecule has 20 heavy (non-hydrogen) atoms. The number of benzene rings is 1. The van der Waals surface area contributed by atoms with Gasteiger partial charge in [-0.15, -0.1) is 11.6 Å². The molecule has 1 fully saturated rings. The van der Waals surface area contributed by atoms with E-state index in [2.05, 4.69) is 4.98 Å². The van der Waals surface area contributed by atoms with Crippen LogP contribution in [0.15, 0.2) is 36.4 Å². The average Bonchev–Trinajstić information content (AvgIpc) is 2.53. The zero-order valence-electron chi connectivity index (χ0n) is 11.3. The van der Waals surface area contributed by atoms with E-state index in [9.17, 15) is 4.79 Å². The first kappa shape index (κ1) is 13.4. The molecule has 0 radical (unpaired) electrons. The second-order valence-corrected chi connectivity index (χ2v) is 5.50. The lowest BCUT2D eigenvalue weighted by Crippen LogP contribution is -2.45. The molecular weight excluding hydrogens is 272 g/mol. The van der Waals surface area contributed by atoms with Crippen molar-refractivity contribution in [2.24, 2.45) is 0 Å². The van der Waals surface area contributed by atoms with Gasteiger partial charge >= 0.3 is 0 Å². The number of para-hydroxylation sites is 1. The maximum absolute atomic E-state index is 12.6. The number of fused-ring (bicyclic) bond motifs is 1. The molecule has 0 N–H and O–H groups in total. The van der Waals surface area contributed by atoms with Gasteiger partial charge in [-0.05, 0) is 31.4 Å². The van der Waals surface area contributed by atoms with E-state index >= 15 is 0 Å². The van der Waals surface area contributed by atoms with Crippen molar-refractivity contribution in [3.63, 3.8) is 0 Å². The Hall–Kier alpha value is -1.61. The molecule has 3 rings (SSSR count). The van der Waals surface area contributed by atoms with Crippen molar-refractivity contribution < 1.29 is 4.79 Å². The minimum Gasteiger partial charge on any atom is -0.333 e. The van der Waals surface area contributed by atoms with Crippen molar-refractivity contribution in [3.05, 3.63) is 42.1 Å². The first-order valence-corrected chi connectivity index (χ1v) is 7.56. The lowest BCUT2D eigenvalue weighted by molar-refractivity contribution is 0.0633. The summed E-state index contributed by atoms with van der Waals surface area (Å²) in [6.45, 7) is 0.782. The van der Waals surface area contributed by atoms with Gasteiger partial charge in [-0.2, -0.15) is 0 Å². The van der Waals surface area contributed by atoms with Crippen LogP contribution >= 0.6 is 11.6 Å². The third kappa shape index (κ3) is 2.50. The topological polar surface area (TPSA) is 33.2 Å². The Morgan fingerprint density at radius 2 is 2.10 bits per heavy atom. The van der Waals surface area contributed by atoms with Crippen LogP contribution in [0.2, 0.25) is 0 Å². The van der Waals surface area contributed by atoms with E-state index in [1.165, 1.54) is 0 Å². The van der Waals surface area contributed by atoms with Crippen molar-refractivity contribution in [2.45, 2.75) is 25.3 Å². The number of nitrogens with zero attached hydrogens (tertiary/aromatic N) is 2. The monoisotopic (exact) mass is 288 g/mol. The van der Waals surface area contributed by atoms with Gasteiger partial charge in [0, 0.05) is 23.9 Å². The van der Waals surface area contributed by atoms with Crippen molar-refractivity contribution in [1.29, 1.82) is 0 Å². The number of halogens is 1. The highest BCUT2D eigenvalue weighted by Gasteiger charge is 2.27. The fraction of sp³-hybridized carbons (Fsp3) is 0.375. The van der Waals surface area contributed by atoms with Crippen LogP contribution < -0.4 is 0 Å². The second kappa shape index (κ2) is 5.80. The molecule has 1 amide bonds. The molecule has 2 heterocycles. The van der Waals surface area contributed by atoms with Crippen LogP contribution in [0.5, 0.6) is 0 Å². The van der Waals surface area contributed by atoms with Gasteiger partial charge in [-0.25, -0.2) is 4.98 Å². The number of piperidine rings is 1. The highest BCUT2D eigenvalue weighted by atomic mass is 35.5. The SMILES string of the molecule is O=C(c1ccc2ccccc2n1)N1CCCCC1CCl. The molecule has 0 aliphatic carbocycles.